The maximum Gasteiger partial charge on any atom is 0.223 e. The minimum Gasteiger partial charge on any atom is -0.391 e. The number of imidazole rings is 1. The highest BCUT2D eigenvalue weighted by Crippen LogP contribution is 2.24. The summed E-state index contributed by atoms with van der Waals surface area (Å²) in [5, 5.41) is 12.4. The zero-order valence-electron chi connectivity index (χ0n) is 10.5. The van der Waals surface area contributed by atoms with Crippen molar-refractivity contribution in [2.45, 2.75) is 31.4 Å². The second kappa shape index (κ2) is 5.49. The molecule has 6 heteroatoms. The summed E-state index contributed by atoms with van der Waals surface area (Å²) >= 11 is 0. The molecule has 0 aliphatic heterocycles. The fourth-order valence-corrected chi connectivity index (χ4v) is 2.34. The van der Waals surface area contributed by atoms with Crippen molar-refractivity contribution in [3.05, 3.63) is 18.2 Å². The number of nitrogens with two attached hydrogens (primary N) is 1. The van der Waals surface area contributed by atoms with Crippen LogP contribution >= 0.6 is 0 Å². The van der Waals surface area contributed by atoms with Crippen molar-refractivity contribution in [1.82, 2.24) is 14.9 Å². The lowest BCUT2D eigenvalue weighted by Crippen LogP contribution is -2.32. The van der Waals surface area contributed by atoms with Crippen molar-refractivity contribution in [2.75, 3.05) is 6.54 Å². The highest BCUT2D eigenvalue weighted by Gasteiger charge is 2.34. The molecule has 18 heavy (non-hydrogen) atoms. The first-order valence-electron chi connectivity index (χ1n) is 6.25. The first kappa shape index (κ1) is 13.0. The molecule has 0 radical (unpaired) electrons. The third-order valence-corrected chi connectivity index (χ3v) is 3.52. The summed E-state index contributed by atoms with van der Waals surface area (Å²) in [4.78, 5) is 16.0. The Balaban J connectivity index is 1.74. The summed E-state index contributed by atoms with van der Waals surface area (Å²) in [7, 11) is 1.93. The number of aromatic nitrogens is 2. The zero-order valence-corrected chi connectivity index (χ0v) is 10.5. The fraction of sp³-hybridized carbons (Fsp3) is 0.667. The van der Waals surface area contributed by atoms with E-state index in [0.29, 0.717) is 25.8 Å². The van der Waals surface area contributed by atoms with E-state index in [1.54, 1.807) is 6.20 Å². The SMILES string of the molecule is Cn1ccnc1CCNC(=O)[C@H]1C[C@@H](N)[C@H](O)C1. The van der Waals surface area contributed by atoms with Crippen LogP contribution < -0.4 is 11.1 Å². The molecule has 1 aromatic rings. The number of amides is 1. The lowest BCUT2D eigenvalue weighted by atomic mass is 10.1. The maximum absolute atomic E-state index is 11.8. The third kappa shape index (κ3) is 2.88. The van der Waals surface area contributed by atoms with Crippen LogP contribution in [0.25, 0.3) is 0 Å². The van der Waals surface area contributed by atoms with Gasteiger partial charge in [0.25, 0.3) is 0 Å². The van der Waals surface area contributed by atoms with E-state index in [9.17, 15) is 9.90 Å². The number of aryl methyl sites for hydroxylation is 1. The van der Waals surface area contributed by atoms with Crippen LogP contribution in [0.2, 0.25) is 0 Å². The van der Waals surface area contributed by atoms with Gasteiger partial charge in [0.1, 0.15) is 5.82 Å². The van der Waals surface area contributed by atoms with E-state index in [1.807, 2.05) is 17.8 Å². The van der Waals surface area contributed by atoms with Gasteiger partial charge < -0.3 is 20.7 Å². The van der Waals surface area contributed by atoms with Gasteiger partial charge in [-0.1, -0.05) is 0 Å². The molecule has 0 unspecified atom stereocenters. The molecule has 1 amide bonds. The van der Waals surface area contributed by atoms with Crippen molar-refractivity contribution in [2.24, 2.45) is 18.7 Å². The summed E-state index contributed by atoms with van der Waals surface area (Å²) in [5.74, 6) is 0.769. The number of aliphatic hydroxyl groups excluding tert-OH is 1. The number of nitrogens with zero attached hydrogens (tertiary/aromatic N) is 2. The first-order chi connectivity index (χ1) is 8.58. The molecule has 0 saturated heterocycles. The normalized spacial score (nSPS) is 27.4. The van der Waals surface area contributed by atoms with Gasteiger partial charge in [-0.25, -0.2) is 4.98 Å². The van der Waals surface area contributed by atoms with Crippen molar-refractivity contribution in [3.8, 4) is 0 Å². The lowest BCUT2D eigenvalue weighted by molar-refractivity contribution is -0.125. The molecule has 4 N–H and O–H groups in total. The van der Waals surface area contributed by atoms with Gasteiger partial charge in [-0.15, -0.1) is 0 Å². The van der Waals surface area contributed by atoms with E-state index in [-0.39, 0.29) is 17.9 Å². The van der Waals surface area contributed by atoms with Gasteiger partial charge in [0, 0.05) is 44.4 Å². The molecule has 3 atom stereocenters. The van der Waals surface area contributed by atoms with Crippen LogP contribution in [0, 0.1) is 5.92 Å². The molecule has 0 spiro atoms. The summed E-state index contributed by atoms with van der Waals surface area (Å²) in [5.41, 5.74) is 5.69. The Morgan fingerprint density at radius 3 is 3.00 bits per heavy atom. The number of aliphatic hydroxyl groups is 1. The van der Waals surface area contributed by atoms with E-state index in [2.05, 4.69) is 10.3 Å². The molecule has 6 nitrogen and oxygen atoms in total. The average molecular weight is 252 g/mol. The maximum atomic E-state index is 11.8. The highest BCUT2D eigenvalue weighted by atomic mass is 16.3. The molecule has 100 valence electrons. The molecule has 1 fully saturated rings. The number of hydrogen-bond acceptors (Lipinski definition) is 4. The number of nitrogens with one attached hydrogen (secondary N) is 1. The van der Waals surface area contributed by atoms with E-state index in [0.717, 1.165) is 5.82 Å². The van der Waals surface area contributed by atoms with Gasteiger partial charge in [0.2, 0.25) is 5.91 Å². The van der Waals surface area contributed by atoms with Crippen LogP contribution in [0.5, 0.6) is 0 Å². The predicted octanol–water partition coefficient (Wildman–Crippen LogP) is -0.823. The summed E-state index contributed by atoms with van der Waals surface area (Å²) in [6.45, 7) is 0.561. The minimum atomic E-state index is -0.546. The third-order valence-electron chi connectivity index (χ3n) is 3.52. The summed E-state index contributed by atoms with van der Waals surface area (Å²) in [6, 6.07) is -0.268. The van der Waals surface area contributed by atoms with Gasteiger partial charge in [-0.05, 0) is 12.8 Å². The molecule has 1 saturated carbocycles. The molecule has 1 aliphatic carbocycles. The predicted molar refractivity (Wildman–Crippen MR) is 66.6 cm³/mol. The Labute approximate surface area is 106 Å². The van der Waals surface area contributed by atoms with Crippen LogP contribution in [0.3, 0.4) is 0 Å². The van der Waals surface area contributed by atoms with Crippen molar-refractivity contribution < 1.29 is 9.90 Å². The van der Waals surface area contributed by atoms with E-state index < -0.39 is 6.10 Å². The largest absolute Gasteiger partial charge is 0.391 e. The van der Waals surface area contributed by atoms with Crippen LogP contribution in [-0.2, 0) is 18.3 Å². The first-order valence-corrected chi connectivity index (χ1v) is 6.25. The summed E-state index contributed by atoms with van der Waals surface area (Å²) in [6.07, 6.45) is 4.81. The average Bonchev–Trinajstić information content (AvgIpc) is 2.87. The van der Waals surface area contributed by atoms with E-state index in [4.69, 9.17) is 5.73 Å². The second-order valence-electron chi connectivity index (χ2n) is 4.89. The monoisotopic (exact) mass is 252 g/mol. The van der Waals surface area contributed by atoms with E-state index in [1.165, 1.54) is 0 Å². The molecular weight excluding hydrogens is 232 g/mol. The highest BCUT2D eigenvalue weighted by molar-refractivity contribution is 5.79. The smallest absolute Gasteiger partial charge is 0.223 e. The van der Waals surface area contributed by atoms with Crippen LogP contribution in [-0.4, -0.2) is 39.3 Å². The molecule has 0 bridgehead atoms. The second-order valence-corrected chi connectivity index (χ2v) is 4.89. The standard InChI is InChI=1S/C12H20N4O2/c1-16-5-4-14-11(16)2-3-15-12(18)8-6-9(13)10(17)7-8/h4-5,8-10,17H,2-3,6-7,13H2,1H3,(H,15,18)/t8-,9+,10+/m0/s1. The van der Waals surface area contributed by atoms with Crippen LogP contribution in [0.1, 0.15) is 18.7 Å². The molecular formula is C12H20N4O2. The topological polar surface area (TPSA) is 93.2 Å². The number of rotatable bonds is 4. The number of carbonyl (C=O) groups is 1. The quantitative estimate of drug-likeness (QED) is 0.652. The van der Waals surface area contributed by atoms with Gasteiger partial charge >= 0.3 is 0 Å². The van der Waals surface area contributed by atoms with Crippen LogP contribution in [0.15, 0.2) is 12.4 Å². The lowest BCUT2D eigenvalue weighted by Gasteiger charge is -2.10. The van der Waals surface area contributed by atoms with Crippen molar-refractivity contribution in [1.29, 1.82) is 0 Å². The fourth-order valence-electron chi connectivity index (χ4n) is 2.34. The Bertz CT molecular complexity index is 408. The molecule has 1 heterocycles. The van der Waals surface area contributed by atoms with Gasteiger partial charge in [-0.2, -0.15) is 0 Å². The number of hydrogen-bond donors (Lipinski definition) is 3. The molecule has 0 aromatic carbocycles. The molecule has 1 aromatic heterocycles. The molecule has 1 aliphatic rings. The van der Waals surface area contributed by atoms with Crippen LogP contribution in [0.4, 0.5) is 0 Å². The van der Waals surface area contributed by atoms with Gasteiger partial charge in [0.15, 0.2) is 0 Å². The zero-order chi connectivity index (χ0) is 13.1. The Kier molecular flexibility index (Phi) is 3.98. The minimum absolute atomic E-state index is 0.0174. The van der Waals surface area contributed by atoms with Gasteiger partial charge in [0.05, 0.1) is 6.10 Å². The van der Waals surface area contributed by atoms with Gasteiger partial charge in [-0.3, -0.25) is 4.79 Å². The Hall–Kier alpha value is -1.40. The van der Waals surface area contributed by atoms with Crippen molar-refractivity contribution >= 4 is 5.91 Å². The Morgan fingerprint density at radius 1 is 1.67 bits per heavy atom. The molecule has 2 rings (SSSR count). The Morgan fingerprint density at radius 2 is 2.44 bits per heavy atom. The number of carbonyl (C=O) groups excluding carboxylic acids is 1. The summed E-state index contributed by atoms with van der Waals surface area (Å²) < 4.78 is 1.93. The van der Waals surface area contributed by atoms with E-state index >= 15 is 0 Å². The van der Waals surface area contributed by atoms with Crippen molar-refractivity contribution in [3.63, 3.8) is 0 Å².